The lowest BCUT2D eigenvalue weighted by atomic mass is 10.0. The topological polar surface area (TPSA) is 99.7 Å². The van der Waals surface area contributed by atoms with Gasteiger partial charge in [0.15, 0.2) is 0 Å². The fraction of sp³-hybridized carbons (Fsp3) is 0.0952. The van der Waals surface area contributed by atoms with Gasteiger partial charge in [0.2, 0.25) is 6.20 Å². The Morgan fingerprint density at radius 1 is 1.00 bits per heavy atom. The van der Waals surface area contributed by atoms with Gasteiger partial charge in [-0.15, -0.1) is 0 Å². The average Bonchev–Trinajstić information content (AvgIpc) is 2.74. The van der Waals surface area contributed by atoms with E-state index in [1.165, 1.54) is 12.3 Å². The van der Waals surface area contributed by atoms with Gasteiger partial charge in [0.05, 0.1) is 17.2 Å². The van der Waals surface area contributed by atoms with Gasteiger partial charge in [0, 0.05) is 18.1 Å². The van der Waals surface area contributed by atoms with E-state index in [1.807, 2.05) is 30.3 Å². The first kappa shape index (κ1) is 23.2. The van der Waals surface area contributed by atoms with Gasteiger partial charge in [-0.05, 0) is 71.9 Å². The summed E-state index contributed by atoms with van der Waals surface area (Å²) in [6, 6.07) is 12.5. The standard InChI is InChI=1S/C21H15Br3N2O5/c1-11-15(21(28)29)16(18(23)19(24)17(11)22)20(27)25-13-7-8-14(26(30)9-13)31-10-12-5-3-2-4-6-12/h2-9H,10H2,1H3,(H2-,25,27,28,29,30)/p+1. The molecule has 0 bridgehead atoms. The highest BCUT2D eigenvalue weighted by Gasteiger charge is 2.27. The zero-order valence-corrected chi connectivity index (χ0v) is 20.8. The third kappa shape index (κ3) is 5.08. The Morgan fingerprint density at radius 3 is 2.29 bits per heavy atom. The van der Waals surface area contributed by atoms with Crippen molar-refractivity contribution in [1.29, 1.82) is 0 Å². The maximum atomic E-state index is 12.9. The molecule has 10 heteroatoms. The van der Waals surface area contributed by atoms with Crippen LogP contribution in [-0.2, 0) is 6.61 Å². The molecule has 0 radical (unpaired) electrons. The quantitative estimate of drug-likeness (QED) is 0.198. The first-order chi connectivity index (χ1) is 14.7. The molecule has 0 fully saturated rings. The predicted octanol–water partition coefficient (Wildman–Crippen LogP) is 5.34. The minimum atomic E-state index is -1.24. The minimum Gasteiger partial charge on any atom is -0.478 e. The SMILES string of the molecule is Cc1c(Br)c(Br)c(Br)c(C(=O)Nc2ccc(OCc3ccccc3)[n+](O)c2)c1C(=O)O. The summed E-state index contributed by atoms with van der Waals surface area (Å²) in [5.41, 5.74) is 1.39. The summed E-state index contributed by atoms with van der Waals surface area (Å²) < 4.78 is 7.67. The molecule has 0 spiro atoms. The van der Waals surface area contributed by atoms with Crippen LogP contribution in [0.2, 0.25) is 0 Å². The summed E-state index contributed by atoms with van der Waals surface area (Å²) >= 11 is 9.97. The summed E-state index contributed by atoms with van der Waals surface area (Å²) in [4.78, 5) is 24.7. The number of rotatable bonds is 6. The average molecular weight is 616 g/mol. The number of benzene rings is 2. The number of hydrogen-bond acceptors (Lipinski definition) is 4. The number of pyridine rings is 1. The molecule has 31 heavy (non-hydrogen) atoms. The normalized spacial score (nSPS) is 10.6. The Labute approximate surface area is 203 Å². The van der Waals surface area contributed by atoms with Crippen molar-refractivity contribution in [3.8, 4) is 5.88 Å². The van der Waals surface area contributed by atoms with Crippen molar-refractivity contribution in [2.45, 2.75) is 13.5 Å². The van der Waals surface area contributed by atoms with Gasteiger partial charge in [-0.3, -0.25) is 10.0 Å². The van der Waals surface area contributed by atoms with Gasteiger partial charge in [-0.1, -0.05) is 30.3 Å². The molecule has 0 saturated carbocycles. The van der Waals surface area contributed by atoms with Gasteiger partial charge in [-0.2, -0.15) is 0 Å². The third-order valence-corrected chi connectivity index (χ3v) is 8.02. The first-order valence-electron chi connectivity index (χ1n) is 8.84. The molecular formula is C21H16Br3N2O5+. The van der Waals surface area contributed by atoms with E-state index >= 15 is 0 Å². The van der Waals surface area contributed by atoms with Crippen molar-refractivity contribution in [3.05, 3.63) is 84.3 Å². The van der Waals surface area contributed by atoms with Crippen LogP contribution in [0.5, 0.6) is 5.88 Å². The van der Waals surface area contributed by atoms with E-state index in [4.69, 9.17) is 4.74 Å². The van der Waals surface area contributed by atoms with Gasteiger partial charge in [0.1, 0.15) is 12.3 Å². The molecule has 0 unspecified atom stereocenters. The Balaban J connectivity index is 1.84. The molecule has 2 aromatic carbocycles. The molecule has 1 aromatic heterocycles. The van der Waals surface area contributed by atoms with Crippen LogP contribution in [0.25, 0.3) is 0 Å². The number of ether oxygens (including phenoxy) is 1. The highest BCUT2D eigenvalue weighted by atomic mass is 79.9. The summed E-state index contributed by atoms with van der Waals surface area (Å²) in [6.45, 7) is 1.86. The summed E-state index contributed by atoms with van der Waals surface area (Å²) in [6.07, 6.45) is 1.26. The number of anilines is 1. The van der Waals surface area contributed by atoms with Gasteiger partial charge >= 0.3 is 11.8 Å². The Morgan fingerprint density at radius 2 is 1.68 bits per heavy atom. The number of carboxylic acid groups (broad SMARTS) is 1. The molecule has 3 N–H and O–H groups in total. The van der Waals surface area contributed by atoms with Crippen LogP contribution in [0.4, 0.5) is 5.69 Å². The number of amides is 1. The lowest BCUT2D eigenvalue weighted by Gasteiger charge is -2.15. The smallest absolute Gasteiger partial charge is 0.417 e. The van der Waals surface area contributed by atoms with Crippen molar-refractivity contribution in [2.75, 3.05) is 5.32 Å². The van der Waals surface area contributed by atoms with E-state index in [0.29, 0.717) is 19.0 Å². The molecule has 0 saturated heterocycles. The molecule has 1 heterocycles. The second kappa shape index (κ2) is 9.80. The van der Waals surface area contributed by atoms with Crippen LogP contribution in [0.3, 0.4) is 0 Å². The van der Waals surface area contributed by atoms with Gasteiger partial charge in [-0.25, -0.2) is 4.79 Å². The molecule has 0 atom stereocenters. The van der Waals surface area contributed by atoms with E-state index in [2.05, 4.69) is 53.1 Å². The number of carboxylic acids is 1. The highest BCUT2D eigenvalue weighted by molar-refractivity contribution is 9.14. The van der Waals surface area contributed by atoms with Crippen LogP contribution in [0, 0.1) is 6.92 Å². The number of aromatic carboxylic acids is 1. The summed E-state index contributed by atoms with van der Waals surface area (Å²) in [7, 11) is 0. The molecule has 3 rings (SSSR count). The Bertz CT molecular complexity index is 1170. The number of carbonyl (C=O) groups is 2. The van der Waals surface area contributed by atoms with E-state index in [9.17, 15) is 19.9 Å². The fourth-order valence-electron chi connectivity index (χ4n) is 2.85. The minimum absolute atomic E-state index is 0.0473. The molecule has 0 aliphatic rings. The van der Waals surface area contributed by atoms with Crippen molar-refractivity contribution in [1.82, 2.24) is 0 Å². The second-order valence-corrected chi connectivity index (χ2v) is 8.83. The second-order valence-electron chi connectivity index (χ2n) is 6.45. The number of halogens is 3. The Kier molecular flexibility index (Phi) is 7.34. The van der Waals surface area contributed by atoms with Crippen LogP contribution in [0.15, 0.2) is 62.1 Å². The monoisotopic (exact) mass is 613 g/mol. The summed E-state index contributed by atoms with van der Waals surface area (Å²) in [5, 5.41) is 22.4. The zero-order chi connectivity index (χ0) is 22.7. The number of nitrogens with one attached hydrogen (secondary N) is 1. The van der Waals surface area contributed by atoms with Gasteiger partial charge in [0.25, 0.3) is 5.91 Å². The highest BCUT2D eigenvalue weighted by Crippen LogP contribution is 2.39. The van der Waals surface area contributed by atoms with Crippen LogP contribution in [-0.4, -0.2) is 22.2 Å². The molecular weight excluding hydrogens is 600 g/mol. The zero-order valence-electron chi connectivity index (χ0n) is 16.0. The number of aromatic nitrogens is 1. The fourth-order valence-corrected chi connectivity index (χ4v) is 4.58. The lowest BCUT2D eigenvalue weighted by Crippen LogP contribution is -2.33. The maximum absolute atomic E-state index is 12.9. The van der Waals surface area contributed by atoms with Crippen molar-refractivity contribution < 1.29 is 29.4 Å². The van der Waals surface area contributed by atoms with E-state index in [-0.39, 0.29) is 29.3 Å². The first-order valence-corrected chi connectivity index (χ1v) is 11.2. The number of hydrogen-bond donors (Lipinski definition) is 3. The van der Waals surface area contributed by atoms with E-state index in [0.717, 1.165) is 10.3 Å². The van der Waals surface area contributed by atoms with E-state index < -0.39 is 11.9 Å². The molecule has 0 aliphatic carbocycles. The third-order valence-electron chi connectivity index (χ3n) is 4.38. The number of nitrogens with zero attached hydrogens (tertiary/aromatic N) is 1. The molecule has 0 aliphatic heterocycles. The largest absolute Gasteiger partial charge is 0.478 e. The molecule has 7 nitrogen and oxygen atoms in total. The number of carbonyl (C=O) groups excluding carboxylic acids is 1. The molecule has 160 valence electrons. The summed E-state index contributed by atoms with van der Waals surface area (Å²) in [5.74, 6) is -1.71. The van der Waals surface area contributed by atoms with Crippen molar-refractivity contribution in [3.63, 3.8) is 0 Å². The molecule has 3 aromatic rings. The maximum Gasteiger partial charge on any atom is 0.417 e. The Hall–Kier alpha value is -2.43. The van der Waals surface area contributed by atoms with E-state index in [1.54, 1.807) is 13.0 Å². The predicted molar refractivity (Wildman–Crippen MR) is 124 cm³/mol. The van der Waals surface area contributed by atoms with Crippen LogP contribution < -0.4 is 14.8 Å². The van der Waals surface area contributed by atoms with Crippen molar-refractivity contribution in [2.24, 2.45) is 0 Å². The van der Waals surface area contributed by atoms with Gasteiger partial charge < -0.3 is 15.2 Å². The van der Waals surface area contributed by atoms with Crippen LogP contribution >= 0.6 is 47.8 Å². The van der Waals surface area contributed by atoms with Crippen molar-refractivity contribution >= 4 is 65.4 Å². The molecule has 1 amide bonds. The van der Waals surface area contributed by atoms with Crippen LogP contribution in [0.1, 0.15) is 31.8 Å². The lowest BCUT2D eigenvalue weighted by molar-refractivity contribution is -0.906.